The zero-order valence-electron chi connectivity index (χ0n) is 5.83. The Morgan fingerprint density at radius 1 is 1.56 bits per heavy atom. The number of hydrogen-bond donors (Lipinski definition) is 1. The normalized spacial score (nSPS) is 7.44. The Morgan fingerprint density at radius 3 is 1.89 bits per heavy atom. The molecule has 4 heteroatoms. The molecule has 0 aromatic rings. The lowest BCUT2D eigenvalue weighted by molar-refractivity contribution is -0.479. The first-order valence-electron chi connectivity index (χ1n) is 2.91. The van der Waals surface area contributed by atoms with Crippen molar-refractivity contribution in [1.82, 2.24) is 0 Å². The highest BCUT2D eigenvalue weighted by Crippen LogP contribution is 1.72. The van der Waals surface area contributed by atoms with Crippen LogP contribution in [0.25, 0.3) is 0 Å². The number of hydrogen-bond acceptors (Lipinski definition) is 3. The fourth-order valence-corrected chi connectivity index (χ4v) is 0.183. The third-order valence-corrected chi connectivity index (χ3v) is 0.406. The molecule has 0 fully saturated rings. The van der Waals surface area contributed by atoms with Crippen molar-refractivity contribution >= 4 is 0 Å². The minimum absolute atomic E-state index is 0.0972. The van der Waals surface area contributed by atoms with Crippen LogP contribution >= 0.6 is 0 Å². The van der Waals surface area contributed by atoms with Gasteiger partial charge in [0.2, 0.25) is 6.54 Å². The Kier molecular flexibility index (Phi) is 12.9. The van der Waals surface area contributed by atoms with Gasteiger partial charge in [-0.3, -0.25) is 10.1 Å². The topological polar surface area (TPSA) is 63.4 Å². The highest BCUT2D eigenvalue weighted by molar-refractivity contribution is 4.18. The molecule has 0 unspecified atom stereocenters. The van der Waals surface area contributed by atoms with E-state index in [1.165, 1.54) is 0 Å². The van der Waals surface area contributed by atoms with Crippen LogP contribution in [0.15, 0.2) is 0 Å². The van der Waals surface area contributed by atoms with Gasteiger partial charge in [0.05, 0.1) is 0 Å². The van der Waals surface area contributed by atoms with Crippen LogP contribution in [0.5, 0.6) is 0 Å². The molecule has 0 bridgehead atoms. The summed E-state index contributed by atoms with van der Waals surface area (Å²) < 4.78 is 0. The van der Waals surface area contributed by atoms with Gasteiger partial charge in [0.1, 0.15) is 0 Å². The van der Waals surface area contributed by atoms with Crippen molar-refractivity contribution < 1.29 is 10.0 Å². The van der Waals surface area contributed by atoms with Crippen molar-refractivity contribution in [2.24, 2.45) is 0 Å². The molecule has 0 saturated carbocycles. The van der Waals surface area contributed by atoms with Crippen LogP contribution in [0.2, 0.25) is 0 Å². The summed E-state index contributed by atoms with van der Waals surface area (Å²) in [6.45, 7) is 3.81. The first-order chi connectivity index (χ1) is 4.18. The van der Waals surface area contributed by atoms with Crippen molar-refractivity contribution in [1.29, 1.82) is 0 Å². The maximum Gasteiger partial charge on any atom is 0.203 e. The summed E-state index contributed by atoms with van der Waals surface area (Å²) in [4.78, 5) is 9.09. The molecule has 0 rings (SSSR count). The van der Waals surface area contributed by atoms with Gasteiger partial charge in [-0.1, -0.05) is 6.92 Å². The Bertz CT molecular complexity index is 65.2. The fraction of sp³-hybridized carbons (Fsp3) is 1.00. The summed E-state index contributed by atoms with van der Waals surface area (Å²) in [6.07, 6.45) is 0.632. The summed E-state index contributed by atoms with van der Waals surface area (Å²) in [5.41, 5.74) is 0. The first-order valence-corrected chi connectivity index (χ1v) is 2.91. The zero-order valence-corrected chi connectivity index (χ0v) is 5.83. The second-order valence-electron chi connectivity index (χ2n) is 1.37. The Labute approximate surface area is 54.7 Å². The molecular formula is C5H13NO3. The van der Waals surface area contributed by atoms with E-state index in [0.29, 0.717) is 6.42 Å². The Balaban J connectivity index is 0. The molecule has 0 atom stereocenters. The molecule has 0 heterocycles. The van der Waals surface area contributed by atoms with E-state index in [9.17, 15) is 10.1 Å². The molecule has 0 radical (unpaired) electrons. The van der Waals surface area contributed by atoms with E-state index >= 15 is 0 Å². The number of aliphatic hydroxyl groups excluding tert-OH is 1. The quantitative estimate of drug-likeness (QED) is 0.447. The second kappa shape index (κ2) is 10.4. The lowest BCUT2D eigenvalue weighted by atomic mass is 10.5. The largest absolute Gasteiger partial charge is 0.397 e. The molecule has 0 amide bonds. The van der Waals surface area contributed by atoms with Crippen molar-refractivity contribution in [3.05, 3.63) is 10.1 Å². The van der Waals surface area contributed by atoms with Gasteiger partial charge in [-0.25, -0.2) is 0 Å². The summed E-state index contributed by atoms with van der Waals surface area (Å²) in [6, 6.07) is 0. The van der Waals surface area contributed by atoms with Crippen molar-refractivity contribution in [2.45, 2.75) is 20.3 Å². The van der Waals surface area contributed by atoms with Crippen LogP contribution in [0.3, 0.4) is 0 Å². The maximum atomic E-state index is 9.40. The minimum Gasteiger partial charge on any atom is -0.397 e. The van der Waals surface area contributed by atoms with Crippen molar-refractivity contribution in [3.63, 3.8) is 0 Å². The number of nitro groups is 1. The predicted molar refractivity (Wildman–Crippen MR) is 34.9 cm³/mol. The molecule has 0 aromatic carbocycles. The SMILES string of the molecule is CCC[N+](=O)[O-].CCO. The van der Waals surface area contributed by atoms with Crippen molar-refractivity contribution in [2.75, 3.05) is 13.2 Å². The number of rotatable bonds is 2. The van der Waals surface area contributed by atoms with E-state index in [2.05, 4.69) is 0 Å². The van der Waals surface area contributed by atoms with Crippen LogP contribution in [-0.4, -0.2) is 23.2 Å². The molecule has 0 aliphatic carbocycles. The van der Waals surface area contributed by atoms with Crippen LogP contribution in [-0.2, 0) is 0 Å². The van der Waals surface area contributed by atoms with E-state index in [1.54, 1.807) is 13.8 Å². The average Bonchev–Trinajstić information content (AvgIpc) is 1.67. The standard InChI is InChI=1S/C3H7NO2.C2H6O/c1-2-3-4(5)6;1-2-3/h2-3H2,1H3;3H,2H2,1H3. The molecule has 0 saturated heterocycles. The van der Waals surface area contributed by atoms with Gasteiger partial charge >= 0.3 is 0 Å². The lowest BCUT2D eigenvalue weighted by Crippen LogP contribution is -1.96. The highest BCUT2D eigenvalue weighted by Gasteiger charge is 1.85. The fourth-order valence-electron chi connectivity index (χ4n) is 0.183. The molecule has 0 spiro atoms. The molecule has 4 nitrogen and oxygen atoms in total. The van der Waals surface area contributed by atoms with Crippen LogP contribution in [0.1, 0.15) is 20.3 Å². The third kappa shape index (κ3) is 38.0. The minimum atomic E-state index is -0.319. The summed E-state index contributed by atoms with van der Waals surface area (Å²) in [5.74, 6) is 0. The Hall–Kier alpha value is -0.640. The molecule has 0 aliphatic rings. The van der Waals surface area contributed by atoms with Gasteiger partial charge in [0, 0.05) is 18.0 Å². The second-order valence-corrected chi connectivity index (χ2v) is 1.37. The zero-order chi connectivity index (χ0) is 7.70. The van der Waals surface area contributed by atoms with Crippen LogP contribution in [0, 0.1) is 10.1 Å². The van der Waals surface area contributed by atoms with Gasteiger partial charge in [-0.05, 0) is 6.92 Å². The van der Waals surface area contributed by atoms with E-state index in [1.807, 2.05) is 0 Å². The molecule has 1 N–H and O–H groups in total. The molecule has 9 heavy (non-hydrogen) atoms. The molecular weight excluding hydrogens is 122 g/mol. The van der Waals surface area contributed by atoms with Crippen molar-refractivity contribution in [3.8, 4) is 0 Å². The lowest BCUT2D eigenvalue weighted by Gasteiger charge is -1.80. The van der Waals surface area contributed by atoms with Crippen LogP contribution < -0.4 is 0 Å². The van der Waals surface area contributed by atoms with Crippen LogP contribution in [0.4, 0.5) is 0 Å². The monoisotopic (exact) mass is 135 g/mol. The molecule has 0 aliphatic heterocycles. The van der Waals surface area contributed by atoms with E-state index < -0.39 is 0 Å². The molecule has 56 valence electrons. The average molecular weight is 135 g/mol. The van der Waals surface area contributed by atoms with Gasteiger partial charge in [-0.15, -0.1) is 0 Å². The smallest absolute Gasteiger partial charge is 0.203 e. The van der Waals surface area contributed by atoms with Gasteiger partial charge in [-0.2, -0.15) is 0 Å². The third-order valence-electron chi connectivity index (χ3n) is 0.406. The van der Waals surface area contributed by atoms with Gasteiger partial charge in [0.15, 0.2) is 0 Å². The number of aliphatic hydroxyl groups is 1. The first kappa shape index (κ1) is 11.2. The summed E-state index contributed by atoms with van der Waals surface area (Å²) in [5, 5.41) is 17.0. The number of nitrogens with zero attached hydrogens (tertiary/aromatic N) is 1. The van der Waals surface area contributed by atoms with Gasteiger partial charge in [0.25, 0.3) is 0 Å². The van der Waals surface area contributed by atoms with E-state index in [0.717, 1.165) is 0 Å². The van der Waals surface area contributed by atoms with E-state index in [-0.39, 0.29) is 18.1 Å². The Morgan fingerprint density at radius 2 is 1.89 bits per heavy atom. The summed E-state index contributed by atoms with van der Waals surface area (Å²) >= 11 is 0. The molecule has 0 aromatic heterocycles. The maximum absolute atomic E-state index is 9.40. The highest BCUT2D eigenvalue weighted by atomic mass is 16.6. The summed E-state index contributed by atoms with van der Waals surface area (Å²) in [7, 11) is 0. The predicted octanol–water partition coefficient (Wildman–Crippen LogP) is 0.672. The van der Waals surface area contributed by atoms with Gasteiger partial charge < -0.3 is 5.11 Å². The van der Waals surface area contributed by atoms with E-state index in [4.69, 9.17) is 5.11 Å².